The Morgan fingerprint density at radius 2 is 2.11 bits per heavy atom. The molecule has 0 bridgehead atoms. The van der Waals surface area contributed by atoms with Gasteiger partial charge in [0, 0.05) is 20.3 Å². The number of ether oxygens (including phenoxy) is 1. The quantitative estimate of drug-likeness (QED) is 0.721. The van der Waals surface area contributed by atoms with E-state index in [4.69, 9.17) is 9.84 Å². The maximum absolute atomic E-state index is 11.9. The van der Waals surface area contributed by atoms with Crippen LogP contribution in [0.15, 0.2) is 23.1 Å². The molecule has 6 heteroatoms. The van der Waals surface area contributed by atoms with E-state index in [9.17, 15) is 8.42 Å². The minimum absolute atomic E-state index is 0.168. The number of aliphatic hydroxyl groups excluding tert-OH is 1. The third kappa shape index (κ3) is 4.06. The maximum atomic E-state index is 11.9. The number of rotatable bonds is 7. The van der Waals surface area contributed by atoms with Crippen LogP contribution in [0.25, 0.3) is 0 Å². The number of benzene rings is 1. The second-order valence-electron chi connectivity index (χ2n) is 3.99. The van der Waals surface area contributed by atoms with Crippen LogP contribution in [-0.2, 0) is 21.4 Å². The molecule has 0 aliphatic rings. The number of aliphatic hydroxyl groups is 1. The van der Waals surface area contributed by atoms with Crippen LogP contribution < -0.4 is 4.72 Å². The van der Waals surface area contributed by atoms with Crippen molar-refractivity contribution in [3.63, 3.8) is 0 Å². The Bertz CT molecular complexity index is 485. The van der Waals surface area contributed by atoms with E-state index >= 15 is 0 Å². The Hall–Kier alpha value is -0.950. The summed E-state index contributed by atoms with van der Waals surface area (Å²) in [4.78, 5) is 0.176. The predicted octanol–water partition coefficient (Wildman–Crippen LogP) is 0.802. The standard InChI is InChI=1S/C12H19NO4S/c1-10-4-5-12(8-11(10)9-14)18(15,16)13-6-3-7-17-2/h4-5,8,13-14H,3,6-7,9H2,1-2H3. The molecule has 0 fully saturated rings. The number of methoxy groups -OCH3 is 1. The van der Waals surface area contributed by atoms with E-state index in [1.54, 1.807) is 13.2 Å². The smallest absolute Gasteiger partial charge is 0.240 e. The summed E-state index contributed by atoms with van der Waals surface area (Å²) in [6.45, 7) is 2.50. The van der Waals surface area contributed by atoms with Crippen LogP contribution in [0.2, 0.25) is 0 Å². The zero-order valence-corrected chi connectivity index (χ0v) is 11.5. The van der Waals surface area contributed by atoms with E-state index in [1.807, 2.05) is 6.92 Å². The van der Waals surface area contributed by atoms with Gasteiger partial charge in [-0.05, 0) is 36.6 Å². The van der Waals surface area contributed by atoms with Crippen LogP contribution in [0.5, 0.6) is 0 Å². The number of sulfonamides is 1. The van der Waals surface area contributed by atoms with Gasteiger partial charge >= 0.3 is 0 Å². The molecule has 0 aliphatic heterocycles. The number of aryl methyl sites for hydroxylation is 1. The summed E-state index contributed by atoms with van der Waals surface area (Å²) in [5.74, 6) is 0. The van der Waals surface area contributed by atoms with Gasteiger partial charge in [-0.2, -0.15) is 0 Å². The predicted molar refractivity (Wildman–Crippen MR) is 68.8 cm³/mol. The largest absolute Gasteiger partial charge is 0.392 e. The Morgan fingerprint density at radius 3 is 2.72 bits per heavy atom. The topological polar surface area (TPSA) is 75.6 Å². The fourth-order valence-electron chi connectivity index (χ4n) is 1.49. The molecule has 18 heavy (non-hydrogen) atoms. The minimum atomic E-state index is -3.51. The molecule has 0 aromatic heterocycles. The lowest BCUT2D eigenvalue weighted by molar-refractivity contribution is 0.196. The SMILES string of the molecule is COCCCNS(=O)(=O)c1ccc(C)c(CO)c1. The van der Waals surface area contributed by atoms with Crippen molar-refractivity contribution in [2.75, 3.05) is 20.3 Å². The van der Waals surface area contributed by atoms with Crippen molar-refractivity contribution < 1.29 is 18.3 Å². The molecular formula is C12H19NO4S. The first-order chi connectivity index (χ1) is 8.51. The van der Waals surface area contributed by atoms with Gasteiger partial charge in [0.15, 0.2) is 0 Å². The Labute approximate surface area is 108 Å². The van der Waals surface area contributed by atoms with Crippen LogP contribution in [0, 0.1) is 6.92 Å². The van der Waals surface area contributed by atoms with E-state index in [0.29, 0.717) is 25.1 Å². The Morgan fingerprint density at radius 1 is 1.39 bits per heavy atom. The van der Waals surface area contributed by atoms with Crippen molar-refractivity contribution >= 4 is 10.0 Å². The van der Waals surface area contributed by atoms with Gasteiger partial charge in [0.25, 0.3) is 0 Å². The molecule has 0 aliphatic carbocycles. The highest BCUT2D eigenvalue weighted by Crippen LogP contribution is 2.15. The molecule has 102 valence electrons. The molecule has 1 aromatic rings. The van der Waals surface area contributed by atoms with Gasteiger partial charge in [0.2, 0.25) is 10.0 Å². The molecule has 2 N–H and O–H groups in total. The lowest BCUT2D eigenvalue weighted by Crippen LogP contribution is -2.25. The summed E-state index contributed by atoms with van der Waals surface area (Å²) in [5, 5.41) is 9.12. The van der Waals surface area contributed by atoms with Gasteiger partial charge in [-0.3, -0.25) is 0 Å². The van der Waals surface area contributed by atoms with Crippen LogP contribution in [0.1, 0.15) is 17.5 Å². The number of hydrogen-bond donors (Lipinski definition) is 2. The fourth-order valence-corrected chi connectivity index (χ4v) is 2.62. The molecule has 1 rings (SSSR count). The molecular weight excluding hydrogens is 254 g/mol. The lowest BCUT2D eigenvalue weighted by Gasteiger charge is -2.09. The molecule has 0 spiro atoms. The molecule has 0 saturated heterocycles. The summed E-state index contributed by atoms with van der Waals surface area (Å²) in [7, 11) is -1.94. The second kappa shape index (κ2) is 6.84. The van der Waals surface area contributed by atoms with E-state index < -0.39 is 10.0 Å². The lowest BCUT2D eigenvalue weighted by atomic mass is 10.1. The highest BCUT2D eigenvalue weighted by atomic mass is 32.2. The average molecular weight is 273 g/mol. The minimum Gasteiger partial charge on any atom is -0.392 e. The average Bonchev–Trinajstić information content (AvgIpc) is 2.35. The maximum Gasteiger partial charge on any atom is 0.240 e. The molecule has 0 atom stereocenters. The van der Waals surface area contributed by atoms with Crippen LogP contribution in [0.3, 0.4) is 0 Å². The summed E-state index contributed by atoms with van der Waals surface area (Å²) in [5.41, 5.74) is 1.49. The Kier molecular flexibility index (Phi) is 5.74. The second-order valence-corrected chi connectivity index (χ2v) is 5.76. The highest BCUT2D eigenvalue weighted by molar-refractivity contribution is 7.89. The van der Waals surface area contributed by atoms with E-state index in [2.05, 4.69) is 4.72 Å². The first-order valence-corrected chi connectivity index (χ1v) is 7.18. The third-order valence-corrected chi connectivity index (χ3v) is 4.08. The molecule has 1 aromatic carbocycles. The van der Waals surface area contributed by atoms with Gasteiger partial charge in [0.05, 0.1) is 11.5 Å². The Balaban J connectivity index is 2.78. The monoisotopic (exact) mass is 273 g/mol. The molecule has 0 radical (unpaired) electrons. The van der Waals surface area contributed by atoms with Crippen molar-refractivity contribution in [2.24, 2.45) is 0 Å². The van der Waals surface area contributed by atoms with Crippen LogP contribution in [-0.4, -0.2) is 33.8 Å². The molecule has 0 saturated carbocycles. The van der Waals surface area contributed by atoms with Crippen molar-refractivity contribution in [3.8, 4) is 0 Å². The highest BCUT2D eigenvalue weighted by Gasteiger charge is 2.14. The van der Waals surface area contributed by atoms with Crippen molar-refractivity contribution in [1.82, 2.24) is 4.72 Å². The van der Waals surface area contributed by atoms with Crippen LogP contribution >= 0.6 is 0 Å². The fraction of sp³-hybridized carbons (Fsp3) is 0.500. The first-order valence-electron chi connectivity index (χ1n) is 5.70. The van der Waals surface area contributed by atoms with Crippen molar-refractivity contribution in [2.45, 2.75) is 24.8 Å². The summed E-state index contributed by atoms with van der Waals surface area (Å²) in [6, 6.07) is 4.72. The number of hydrogen-bond acceptors (Lipinski definition) is 4. The van der Waals surface area contributed by atoms with Crippen LogP contribution in [0.4, 0.5) is 0 Å². The van der Waals surface area contributed by atoms with Gasteiger partial charge in [-0.15, -0.1) is 0 Å². The van der Waals surface area contributed by atoms with Crippen molar-refractivity contribution in [1.29, 1.82) is 0 Å². The molecule has 0 unspecified atom stereocenters. The third-order valence-electron chi connectivity index (χ3n) is 2.62. The normalized spacial score (nSPS) is 11.7. The molecule has 0 heterocycles. The van der Waals surface area contributed by atoms with Gasteiger partial charge in [0.1, 0.15) is 0 Å². The molecule has 0 amide bonds. The first kappa shape index (κ1) is 15.1. The van der Waals surface area contributed by atoms with E-state index in [1.165, 1.54) is 12.1 Å². The van der Waals surface area contributed by atoms with Gasteiger partial charge < -0.3 is 9.84 Å². The zero-order chi connectivity index (χ0) is 13.6. The zero-order valence-electron chi connectivity index (χ0n) is 10.6. The number of nitrogens with one attached hydrogen (secondary N) is 1. The van der Waals surface area contributed by atoms with Gasteiger partial charge in [-0.25, -0.2) is 13.1 Å². The van der Waals surface area contributed by atoms with Crippen molar-refractivity contribution in [3.05, 3.63) is 29.3 Å². The van der Waals surface area contributed by atoms with E-state index in [0.717, 1.165) is 5.56 Å². The summed E-state index contributed by atoms with van der Waals surface area (Å²) in [6.07, 6.45) is 0.619. The van der Waals surface area contributed by atoms with E-state index in [-0.39, 0.29) is 11.5 Å². The summed E-state index contributed by atoms with van der Waals surface area (Å²) < 4.78 is 31.2. The summed E-state index contributed by atoms with van der Waals surface area (Å²) >= 11 is 0. The molecule has 5 nitrogen and oxygen atoms in total. The van der Waals surface area contributed by atoms with Gasteiger partial charge in [-0.1, -0.05) is 6.07 Å².